The maximum absolute atomic E-state index is 11.1. The lowest BCUT2D eigenvalue weighted by Gasteiger charge is -2.38. The van der Waals surface area contributed by atoms with Crippen LogP contribution in [-0.4, -0.2) is 30.4 Å². The van der Waals surface area contributed by atoms with Crippen LogP contribution in [0.2, 0.25) is 0 Å². The molecule has 1 fully saturated rings. The van der Waals surface area contributed by atoms with Crippen LogP contribution in [-0.2, 0) is 4.79 Å². The molecular formula is C19H31N3O. The van der Waals surface area contributed by atoms with Crippen LogP contribution in [0, 0.1) is 16.7 Å². The summed E-state index contributed by atoms with van der Waals surface area (Å²) < 4.78 is 0. The number of nitrogens with zero attached hydrogens (tertiary/aromatic N) is 2. The number of likely N-dealkylation sites (tertiary alicyclic amines) is 1. The molecule has 1 N–H and O–H groups in total. The van der Waals surface area contributed by atoms with E-state index in [1.165, 1.54) is 6.92 Å². The summed E-state index contributed by atoms with van der Waals surface area (Å²) in [6, 6.07) is 2.29. The predicted octanol–water partition coefficient (Wildman–Crippen LogP) is 3.79. The first-order chi connectivity index (χ1) is 10.9. The monoisotopic (exact) mass is 317 g/mol. The SMILES string of the molecule is C=C/C(=C\C(=C)CN1CCC(C)(CC#N)CC1)NC(C)=O.CC. The molecule has 4 nitrogen and oxygen atoms in total. The standard InChI is InChI=1S/C17H25N3O.C2H6/c1-5-16(19-15(3)21)12-14(2)13-20-10-7-17(4,6-9-18)8-11-20;1-2/h5,12H,1-2,6-8,10-11,13H2,3-4H3,(H,19,21);1-2H3/b16-12+;. The third kappa shape index (κ3) is 8.37. The number of nitrogens with one attached hydrogen (secondary N) is 1. The first-order valence-corrected chi connectivity index (χ1v) is 8.27. The van der Waals surface area contributed by atoms with Crippen molar-refractivity contribution in [2.24, 2.45) is 5.41 Å². The Hall–Kier alpha value is -1.86. The van der Waals surface area contributed by atoms with Gasteiger partial charge in [-0.1, -0.05) is 33.9 Å². The molecule has 1 amide bonds. The van der Waals surface area contributed by atoms with Gasteiger partial charge < -0.3 is 5.32 Å². The molecule has 0 unspecified atom stereocenters. The zero-order valence-electron chi connectivity index (χ0n) is 15.1. The van der Waals surface area contributed by atoms with Crippen molar-refractivity contribution in [2.45, 2.75) is 47.0 Å². The number of nitriles is 1. The van der Waals surface area contributed by atoms with Gasteiger partial charge in [0.05, 0.1) is 6.07 Å². The molecule has 0 bridgehead atoms. The molecule has 1 aliphatic rings. The van der Waals surface area contributed by atoms with Crippen molar-refractivity contribution in [3.8, 4) is 6.07 Å². The van der Waals surface area contributed by atoms with Crippen LogP contribution in [0.5, 0.6) is 0 Å². The molecule has 0 aliphatic carbocycles. The van der Waals surface area contributed by atoms with E-state index in [1.54, 1.807) is 6.08 Å². The lowest BCUT2D eigenvalue weighted by atomic mass is 9.78. The first-order valence-electron chi connectivity index (χ1n) is 8.27. The molecular weight excluding hydrogens is 286 g/mol. The Labute approximate surface area is 141 Å². The van der Waals surface area contributed by atoms with Gasteiger partial charge in [0.15, 0.2) is 0 Å². The summed E-state index contributed by atoms with van der Waals surface area (Å²) in [5, 5.41) is 11.6. The molecule has 0 aromatic heterocycles. The Kier molecular flexibility index (Phi) is 9.92. The number of rotatable bonds is 6. The average Bonchev–Trinajstić information content (AvgIpc) is 2.51. The smallest absolute Gasteiger partial charge is 0.221 e. The lowest BCUT2D eigenvalue weighted by molar-refractivity contribution is -0.118. The molecule has 0 aromatic carbocycles. The molecule has 4 heteroatoms. The van der Waals surface area contributed by atoms with Gasteiger partial charge in [-0.3, -0.25) is 9.69 Å². The van der Waals surface area contributed by atoms with Gasteiger partial charge in [-0.15, -0.1) is 0 Å². The molecule has 128 valence electrons. The van der Waals surface area contributed by atoms with Crippen LogP contribution in [0.1, 0.15) is 47.0 Å². The quantitative estimate of drug-likeness (QED) is 0.758. The summed E-state index contributed by atoms with van der Waals surface area (Å²) in [6.45, 7) is 18.1. The largest absolute Gasteiger partial charge is 0.326 e. The van der Waals surface area contributed by atoms with Gasteiger partial charge in [0.2, 0.25) is 5.91 Å². The van der Waals surface area contributed by atoms with Gasteiger partial charge in [0, 0.05) is 25.6 Å². The number of carbonyl (C=O) groups is 1. The molecule has 0 atom stereocenters. The van der Waals surface area contributed by atoms with Crippen molar-refractivity contribution >= 4 is 5.91 Å². The van der Waals surface area contributed by atoms with Crippen molar-refractivity contribution in [3.63, 3.8) is 0 Å². The van der Waals surface area contributed by atoms with Gasteiger partial charge in [-0.2, -0.15) is 5.26 Å². The summed E-state index contributed by atoms with van der Waals surface area (Å²) in [5.41, 5.74) is 1.78. The molecule has 0 aromatic rings. The van der Waals surface area contributed by atoms with Crippen LogP contribution in [0.25, 0.3) is 0 Å². The highest BCUT2D eigenvalue weighted by atomic mass is 16.1. The van der Waals surface area contributed by atoms with Crippen LogP contribution in [0.15, 0.2) is 36.6 Å². The summed E-state index contributed by atoms with van der Waals surface area (Å²) >= 11 is 0. The first kappa shape index (κ1) is 21.1. The fourth-order valence-corrected chi connectivity index (χ4v) is 2.52. The highest BCUT2D eigenvalue weighted by Gasteiger charge is 2.29. The number of allylic oxidation sites excluding steroid dienone is 1. The number of amides is 1. The Balaban J connectivity index is 0.00000232. The Morgan fingerprint density at radius 1 is 1.39 bits per heavy atom. The summed E-state index contributed by atoms with van der Waals surface area (Å²) in [4.78, 5) is 13.4. The zero-order chi connectivity index (χ0) is 17.9. The summed E-state index contributed by atoms with van der Waals surface area (Å²) in [7, 11) is 0. The van der Waals surface area contributed by atoms with E-state index in [9.17, 15) is 4.79 Å². The van der Waals surface area contributed by atoms with Gasteiger partial charge in [0.25, 0.3) is 0 Å². The van der Waals surface area contributed by atoms with E-state index in [2.05, 4.69) is 36.4 Å². The maximum Gasteiger partial charge on any atom is 0.221 e. The Morgan fingerprint density at radius 2 is 1.96 bits per heavy atom. The van der Waals surface area contributed by atoms with Crippen molar-refractivity contribution in [2.75, 3.05) is 19.6 Å². The minimum atomic E-state index is -0.112. The van der Waals surface area contributed by atoms with E-state index in [-0.39, 0.29) is 11.3 Å². The second-order valence-corrected chi connectivity index (χ2v) is 6.06. The Bertz CT molecular complexity index is 477. The molecule has 1 aliphatic heterocycles. The van der Waals surface area contributed by atoms with Crippen LogP contribution < -0.4 is 5.32 Å². The normalized spacial score (nSPS) is 17.3. The van der Waals surface area contributed by atoms with Crippen molar-refractivity contribution < 1.29 is 4.79 Å². The van der Waals surface area contributed by atoms with E-state index in [0.717, 1.165) is 38.0 Å². The van der Waals surface area contributed by atoms with Crippen molar-refractivity contribution in [3.05, 3.63) is 36.6 Å². The minimum absolute atomic E-state index is 0.112. The third-order valence-corrected chi connectivity index (χ3v) is 3.90. The lowest BCUT2D eigenvalue weighted by Crippen LogP contribution is -2.39. The van der Waals surface area contributed by atoms with Gasteiger partial charge in [-0.05, 0) is 49.1 Å². The molecule has 1 saturated heterocycles. The van der Waals surface area contributed by atoms with Crippen LogP contribution in [0.4, 0.5) is 0 Å². The fourth-order valence-electron chi connectivity index (χ4n) is 2.52. The number of piperidine rings is 1. The molecule has 1 rings (SSSR count). The highest BCUT2D eigenvalue weighted by Crippen LogP contribution is 2.33. The molecule has 0 spiro atoms. The molecule has 0 saturated carbocycles. The molecule has 23 heavy (non-hydrogen) atoms. The summed E-state index contributed by atoms with van der Waals surface area (Å²) in [6.07, 6.45) is 6.18. The number of hydrogen-bond acceptors (Lipinski definition) is 3. The van der Waals surface area contributed by atoms with Gasteiger partial charge >= 0.3 is 0 Å². The predicted molar refractivity (Wildman–Crippen MR) is 96.6 cm³/mol. The maximum atomic E-state index is 11.1. The number of hydrogen-bond donors (Lipinski definition) is 1. The number of carbonyl (C=O) groups excluding carboxylic acids is 1. The molecule has 0 radical (unpaired) electrons. The van der Waals surface area contributed by atoms with E-state index < -0.39 is 0 Å². The van der Waals surface area contributed by atoms with Crippen molar-refractivity contribution in [1.82, 2.24) is 10.2 Å². The van der Waals surface area contributed by atoms with Gasteiger partial charge in [-0.25, -0.2) is 0 Å². The third-order valence-electron chi connectivity index (χ3n) is 3.90. The van der Waals surface area contributed by atoms with E-state index >= 15 is 0 Å². The van der Waals surface area contributed by atoms with Crippen molar-refractivity contribution in [1.29, 1.82) is 5.26 Å². The second kappa shape index (κ2) is 10.8. The second-order valence-electron chi connectivity index (χ2n) is 6.06. The van der Waals surface area contributed by atoms with Crippen LogP contribution in [0.3, 0.4) is 0 Å². The topological polar surface area (TPSA) is 56.1 Å². The minimum Gasteiger partial charge on any atom is -0.326 e. The van der Waals surface area contributed by atoms with Crippen LogP contribution >= 0.6 is 0 Å². The average molecular weight is 317 g/mol. The highest BCUT2D eigenvalue weighted by molar-refractivity contribution is 5.75. The van der Waals surface area contributed by atoms with E-state index in [1.807, 2.05) is 19.9 Å². The Morgan fingerprint density at radius 3 is 2.39 bits per heavy atom. The van der Waals surface area contributed by atoms with E-state index in [4.69, 9.17) is 5.26 Å². The summed E-state index contributed by atoms with van der Waals surface area (Å²) in [5.74, 6) is -0.112. The van der Waals surface area contributed by atoms with E-state index in [0.29, 0.717) is 12.1 Å². The van der Waals surface area contributed by atoms with Gasteiger partial charge in [0.1, 0.15) is 0 Å². The zero-order valence-corrected chi connectivity index (χ0v) is 15.1. The fraction of sp³-hybridized carbons (Fsp3) is 0.579. The molecule has 1 heterocycles.